The highest BCUT2D eigenvalue weighted by Crippen LogP contribution is 1.94. The van der Waals surface area contributed by atoms with Crippen LogP contribution in [0.15, 0.2) is 24.5 Å². The van der Waals surface area contributed by atoms with E-state index < -0.39 is 0 Å². The van der Waals surface area contributed by atoms with E-state index in [-0.39, 0.29) is 5.91 Å². The lowest BCUT2D eigenvalue weighted by Crippen LogP contribution is -2.21. The topological polar surface area (TPSA) is 42.0 Å². The Bertz CT molecular complexity index is 237. The zero-order valence-electron chi connectivity index (χ0n) is 5.75. The lowest BCUT2D eigenvalue weighted by atomic mass is 10.3. The maximum absolute atomic E-state index is 11.1. The minimum atomic E-state index is -0.116. The predicted molar refractivity (Wildman–Crippen MR) is 45.5 cm³/mol. The van der Waals surface area contributed by atoms with Crippen LogP contribution in [0.4, 0.5) is 0 Å². The first kappa shape index (κ1) is 8.20. The number of amides is 1. The molecule has 0 saturated carbocycles. The zero-order chi connectivity index (χ0) is 8.10. The molecule has 1 N–H and O–H groups in total. The first-order chi connectivity index (χ1) is 5.34. The Labute approximate surface area is 73.0 Å². The normalized spacial score (nSPS) is 9.18. The third-order valence-electron chi connectivity index (χ3n) is 1.15. The molecule has 1 aromatic rings. The van der Waals surface area contributed by atoms with E-state index in [0.717, 1.165) is 0 Å². The molecule has 0 aliphatic carbocycles. The van der Waals surface area contributed by atoms with Gasteiger partial charge in [-0.1, -0.05) is 15.9 Å². The Hall–Kier alpha value is -0.900. The van der Waals surface area contributed by atoms with Gasteiger partial charge in [-0.05, 0) is 12.1 Å². The molecule has 0 aliphatic rings. The largest absolute Gasteiger partial charge is 0.342 e. The molecule has 1 heterocycles. The molecule has 0 unspecified atom stereocenters. The average molecular weight is 215 g/mol. The van der Waals surface area contributed by atoms with Gasteiger partial charge in [0.05, 0.1) is 11.0 Å². The maximum atomic E-state index is 11.1. The SMILES string of the molecule is O=C(NCBr)c1cccnc1. The number of pyridine rings is 1. The highest BCUT2D eigenvalue weighted by Gasteiger charge is 2.01. The van der Waals surface area contributed by atoms with Gasteiger partial charge in [-0.25, -0.2) is 0 Å². The predicted octanol–water partition coefficient (Wildman–Crippen LogP) is 1.16. The van der Waals surface area contributed by atoms with Gasteiger partial charge in [0, 0.05) is 12.4 Å². The van der Waals surface area contributed by atoms with E-state index in [1.165, 1.54) is 6.20 Å². The summed E-state index contributed by atoms with van der Waals surface area (Å²) in [6.45, 7) is 0. The number of carbonyl (C=O) groups excluding carboxylic acids is 1. The van der Waals surface area contributed by atoms with Crippen LogP contribution < -0.4 is 5.32 Å². The second-order valence-corrected chi connectivity index (χ2v) is 2.44. The van der Waals surface area contributed by atoms with E-state index in [1.807, 2.05) is 0 Å². The van der Waals surface area contributed by atoms with E-state index in [0.29, 0.717) is 11.0 Å². The summed E-state index contributed by atoms with van der Waals surface area (Å²) in [5, 5.41) is 2.60. The fraction of sp³-hybridized carbons (Fsp3) is 0.143. The molecule has 4 heteroatoms. The van der Waals surface area contributed by atoms with E-state index >= 15 is 0 Å². The summed E-state index contributed by atoms with van der Waals surface area (Å²) in [7, 11) is 0. The lowest BCUT2D eigenvalue weighted by Gasteiger charge is -1.98. The van der Waals surface area contributed by atoms with Crippen LogP contribution in [0.2, 0.25) is 0 Å². The van der Waals surface area contributed by atoms with Crippen LogP contribution in [0.3, 0.4) is 0 Å². The van der Waals surface area contributed by atoms with E-state index in [1.54, 1.807) is 18.3 Å². The number of hydrogen-bond donors (Lipinski definition) is 1. The number of alkyl halides is 1. The highest BCUT2D eigenvalue weighted by molar-refractivity contribution is 9.09. The van der Waals surface area contributed by atoms with E-state index in [9.17, 15) is 4.79 Å². The summed E-state index contributed by atoms with van der Waals surface area (Å²) in [4.78, 5) is 14.9. The Morgan fingerprint density at radius 1 is 1.73 bits per heavy atom. The smallest absolute Gasteiger partial charge is 0.253 e. The summed E-state index contributed by atoms with van der Waals surface area (Å²) < 4.78 is 0. The molecule has 0 aromatic carbocycles. The molecule has 0 atom stereocenters. The van der Waals surface area contributed by atoms with Crippen molar-refractivity contribution >= 4 is 21.8 Å². The number of halogens is 1. The van der Waals surface area contributed by atoms with Gasteiger partial charge in [-0.2, -0.15) is 0 Å². The number of nitrogens with zero attached hydrogens (tertiary/aromatic N) is 1. The molecule has 0 spiro atoms. The first-order valence-corrected chi connectivity index (χ1v) is 4.21. The van der Waals surface area contributed by atoms with Crippen molar-refractivity contribution in [3.05, 3.63) is 30.1 Å². The molecule has 1 aromatic heterocycles. The molecule has 58 valence electrons. The third kappa shape index (κ3) is 2.31. The molecule has 0 bridgehead atoms. The van der Waals surface area contributed by atoms with Gasteiger partial charge in [-0.3, -0.25) is 9.78 Å². The van der Waals surface area contributed by atoms with Gasteiger partial charge in [0.25, 0.3) is 5.91 Å². The highest BCUT2D eigenvalue weighted by atomic mass is 79.9. The molecule has 3 nitrogen and oxygen atoms in total. The number of carbonyl (C=O) groups is 1. The second kappa shape index (κ2) is 4.08. The van der Waals surface area contributed by atoms with Crippen LogP contribution in [0.1, 0.15) is 10.4 Å². The Morgan fingerprint density at radius 2 is 2.55 bits per heavy atom. The molecular formula is C7H7BrN2O. The molecule has 0 saturated heterocycles. The molecule has 0 aliphatic heterocycles. The van der Waals surface area contributed by atoms with Crippen molar-refractivity contribution in [2.75, 3.05) is 5.45 Å². The third-order valence-corrected chi connectivity index (χ3v) is 1.43. The van der Waals surface area contributed by atoms with Crippen LogP contribution in [-0.4, -0.2) is 16.3 Å². The van der Waals surface area contributed by atoms with Crippen LogP contribution in [0, 0.1) is 0 Å². The summed E-state index contributed by atoms with van der Waals surface area (Å²) in [6.07, 6.45) is 3.16. The van der Waals surface area contributed by atoms with Crippen molar-refractivity contribution < 1.29 is 4.79 Å². The summed E-state index contributed by atoms with van der Waals surface area (Å²) in [6, 6.07) is 3.44. The van der Waals surface area contributed by atoms with E-state index in [2.05, 4.69) is 26.2 Å². The Morgan fingerprint density at radius 3 is 3.09 bits per heavy atom. The lowest BCUT2D eigenvalue weighted by molar-refractivity contribution is 0.0961. The first-order valence-electron chi connectivity index (χ1n) is 3.09. The van der Waals surface area contributed by atoms with Crippen molar-refractivity contribution in [1.82, 2.24) is 10.3 Å². The number of hydrogen-bond acceptors (Lipinski definition) is 2. The van der Waals surface area contributed by atoms with Crippen molar-refractivity contribution in [2.45, 2.75) is 0 Å². The summed E-state index contributed by atoms with van der Waals surface area (Å²) in [5.74, 6) is -0.116. The fourth-order valence-electron chi connectivity index (χ4n) is 0.660. The molecule has 1 amide bonds. The second-order valence-electron chi connectivity index (χ2n) is 1.88. The monoisotopic (exact) mass is 214 g/mol. The van der Waals surface area contributed by atoms with Gasteiger partial charge in [-0.15, -0.1) is 0 Å². The quantitative estimate of drug-likeness (QED) is 0.594. The molecule has 1 rings (SSSR count). The minimum absolute atomic E-state index is 0.116. The maximum Gasteiger partial charge on any atom is 0.253 e. The molecule has 0 fully saturated rings. The molecule has 0 radical (unpaired) electrons. The van der Waals surface area contributed by atoms with Crippen molar-refractivity contribution in [3.8, 4) is 0 Å². The van der Waals surface area contributed by atoms with Gasteiger partial charge in [0.15, 0.2) is 0 Å². The van der Waals surface area contributed by atoms with E-state index in [4.69, 9.17) is 0 Å². The fourth-order valence-corrected chi connectivity index (χ4v) is 0.914. The van der Waals surface area contributed by atoms with Gasteiger partial charge >= 0.3 is 0 Å². The summed E-state index contributed by atoms with van der Waals surface area (Å²) in [5.41, 5.74) is 1.03. The van der Waals surface area contributed by atoms with Crippen LogP contribution in [0.25, 0.3) is 0 Å². The van der Waals surface area contributed by atoms with Gasteiger partial charge < -0.3 is 5.32 Å². The summed E-state index contributed by atoms with van der Waals surface area (Å²) >= 11 is 3.09. The average Bonchev–Trinajstić information content (AvgIpc) is 2.07. The minimum Gasteiger partial charge on any atom is -0.342 e. The Balaban J connectivity index is 2.69. The molecule has 11 heavy (non-hydrogen) atoms. The Kier molecular flexibility index (Phi) is 3.04. The van der Waals surface area contributed by atoms with Crippen molar-refractivity contribution in [2.24, 2.45) is 0 Å². The molecular weight excluding hydrogens is 208 g/mol. The van der Waals surface area contributed by atoms with Crippen LogP contribution in [0.5, 0.6) is 0 Å². The standard InChI is InChI=1S/C7H7BrN2O/c8-5-10-7(11)6-2-1-3-9-4-6/h1-4H,5H2,(H,10,11). The van der Waals surface area contributed by atoms with Crippen molar-refractivity contribution in [3.63, 3.8) is 0 Å². The zero-order valence-corrected chi connectivity index (χ0v) is 7.34. The van der Waals surface area contributed by atoms with Gasteiger partial charge in [0.2, 0.25) is 0 Å². The number of rotatable bonds is 2. The number of nitrogens with one attached hydrogen (secondary N) is 1. The van der Waals surface area contributed by atoms with Gasteiger partial charge in [0.1, 0.15) is 0 Å². The number of aromatic nitrogens is 1. The van der Waals surface area contributed by atoms with Crippen molar-refractivity contribution in [1.29, 1.82) is 0 Å². The van der Waals surface area contributed by atoms with Crippen LogP contribution in [-0.2, 0) is 0 Å². The van der Waals surface area contributed by atoms with Crippen LogP contribution >= 0.6 is 15.9 Å².